The van der Waals surface area contributed by atoms with Gasteiger partial charge in [0.15, 0.2) is 6.61 Å². The van der Waals surface area contributed by atoms with E-state index in [4.69, 9.17) is 4.74 Å². The third-order valence-electron chi connectivity index (χ3n) is 4.20. The van der Waals surface area contributed by atoms with Crippen LogP contribution in [0.15, 0.2) is 48.5 Å². The molecule has 0 radical (unpaired) electrons. The first kappa shape index (κ1) is 21.7. The predicted molar refractivity (Wildman–Crippen MR) is 107 cm³/mol. The summed E-state index contributed by atoms with van der Waals surface area (Å²) in [4.78, 5) is 46.0. The van der Waals surface area contributed by atoms with Gasteiger partial charge >= 0.3 is 5.97 Å². The maximum atomic E-state index is 12.0. The highest BCUT2D eigenvalue weighted by molar-refractivity contribution is 5.98. The average Bonchev–Trinajstić information content (AvgIpc) is 2.72. The second kappa shape index (κ2) is 10.7. The zero-order chi connectivity index (χ0) is 21.2. The lowest BCUT2D eigenvalue weighted by atomic mass is 10.1. The molecule has 0 aromatic heterocycles. The molecular formula is C21H22N2O6. The molecule has 0 aliphatic rings. The van der Waals surface area contributed by atoms with E-state index in [1.807, 2.05) is 31.2 Å². The summed E-state index contributed by atoms with van der Waals surface area (Å²) in [5, 5.41) is 13.6. The van der Waals surface area contributed by atoms with Crippen LogP contribution in [-0.4, -0.2) is 29.2 Å². The molecule has 2 aromatic carbocycles. The summed E-state index contributed by atoms with van der Waals surface area (Å²) >= 11 is 0. The lowest BCUT2D eigenvalue weighted by Gasteiger charge is -2.09. The summed E-state index contributed by atoms with van der Waals surface area (Å²) in [5.41, 5.74) is 1.67. The quantitative estimate of drug-likeness (QED) is 0.282. The molecule has 152 valence electrons. The van der Waals surface area contributed by atoms with Gasteiger partial charge in [-0.3, -0.25) is 24.5 Å². The molecule has 2 aromatic rings. The predicted octanol–water partition coefficient (Wildman–Crippen LogP) is 3.69. The van der Waals surface area contributed by atoms with Crippen LogP contribution in [0.25, 0.3) is 0 Å². The van der Waals surface area contributed by atoms with Crippen molar-refractivity contribution in [1.82, 2.24) is 0 Å². The van der Waals surface area contributed by atoms with Gasteiger partial charge in [-0.05, 0) is 24.5 Å². The van der Waals surface area contributed by atoms with Gasteiger partial charge in [0.05, 0.1) is 4.92 Å². The standard InChI is InChI=1S/C21H22N2O6/c1-2-15-7-3-4-10-18(15)22-20(25)11-6-12-21(26)29-14-19(24)16-8-5-9-17(13-16)23(27)28/h3-5,7-10,13H,2,6,11-12,14H2,1H3,(H,22,25). The number of nitrogens with zero attached hydrogens (tertiary/aromatic N) is 1. The SMILES string of the molecule is CCc1ccccc1NC(=O)CCCC(=O)OCC(=O)c1cccc([N+](=O)[O-])c1. The molecule has 1 N–H and O–H groups in total. The Bertz CT molecular complexity index is 910. The van der Waals surface area contributed by atoms with Crippen LogP contribution in [0.3, 0.4) is 0 Å². The number of carbonyl (C=O) groups excluding carboxylic acids is 3. The number of esters is 1. The summed E-state index contributed by atoms with van der Waals surface area (Å²) in [6.45, 7) is 1.49. The second-order valence-electron chi connectivity index (χ2n) is 6.30. The van der Waals surface area contributed by atoms with E-state index < -0.39 is 23.3 Å². The Labute approximate surface area is 168 Å². The topological polar surface area (TPSA) is 116 Å². The van der Waals surface area contributed by atoms with Gasteiger partial charge < -0.3 is 10.1 Å². The monoisotopic (exact) mass is 398 g/mol. The van der Waals surface area contributed by atoms with Crippen LogP contribution in [0.4, 0.5) is 11.4 Å². The van der Waals surface area contributed by atoms with Crippen molar-refractivity contribution in [2.45, 2.75) is 32.6 Å². The highest BCUT2D eigenvalue weighted by Gasteiger charge is 2.14. The fourth-order valence-corrected chi connectivity index (χ4v) is 2.65. The number of hydrogen-bond acceptors (Lipinski definition) is 6. The molecule has 8 heteroatoms. The Morgan fingerprint density at radius 1 is 1.07 bits per heavy atom. The number of ether oxygens (including phenoxy) is 1. The van der Waals surface area contributed by atoms with Gasteiger partial charge in [-0.25, -0.2) is 0 Å². The zero-order valence-corrected chi connectivity index (χ0v) is 16.1. The lowest BCUT2D eigenvalue weighted by molar-refractivity contribution is -0.384. The van der Waals surface area contributed by atoms with Crippen LogP contribution >= 0.6 is 0 Å². The number of anilines is 1. The molecule has 0 saturated heterocycles. The van der Waals surface area contributed by atoms with Crippen molar-refractivity contribution >= 4 is 29.0 Å². The number of nitrogens with one attached hydrogen (secondary N) is 1. The second-order valence-corrected chi connectivity index (χ2v) is 6.30. The minimum atomic E-state index is -0.606. The molecule has 2 rings (SSSR count). The molecule has 0 bridgehead atoms. The van der Waals surface area contributed by atoms with Gasteiger partial charge in [-0.2, -0.15) is 0 Å². The lowest BCUT2D eigenvalue weighted by Crippen LogP contribution is -2.16. The Balaban J connectivity index is 1.73. The van der Waals surface area contributed by atoms with Crippen LogP contribution in [0.5, 0.6) is 0 Å². The van der Waals surface area contributed by atoms with Gasteiger partial charge in [-0.15, -0.1) is 0 Å². The molecule has 0 aliphatic heterocycles. The minimum Gasteiger partial charge on any atom is -0.457 e. The first-order chi connectivity index (χ1) is 13.9. The van der Waals surface area contributed by atoms with E-state index in [1.54, 1.807) is 0 Å². The molecule has 29 heavy (non-hydrogen) atoms. The number of carbonyl (C=O) groups is 3. The van der Waals surface area contributed by atoms with Crippen molar-refractivity contribution in [1.29, 1.82) is 0 Å². The van der Waals surface area contributed by atoms with Crippen LogP contribution in [0.2, 0.25) is 0 Å². The van der Waals surface area contributed by atoms with Crippen molar-refractivity contribution in [3.63, 3.8) is 0 Å². The normalized spacial score (nSPS) is 10.2. The van der Waals surface area contributed by atoms with Crippen LogP contribution in [0.1, 0.15) is 42.1 Å². The summed E-state index contributed by atoms with van der Waals surface area (Å²) in [6, 6.07) is 12.7. The first-order valence-electron chi connectivity index (χ1n) is 9.21. The number of rotatable bonds is 10. The smallest absolute Gasteiger partial charge is 0.306 e. The summed E-state index contributed by atoms with van der Waals surface area (Å²) < 4.78 is 4.91. The number of benzene rings is 2. The average molecular weight is 398 g/mol. The Morgan fingerprint density at radius 2 is 1.83 bits per heavy atom. The van der Waals surface area contributed by atoms with Crippen LogP contribution in [0, 0.1) is 10.1 Å². The number of nitro groups is 1. The highest BCUT2D eigenvalue weighted by atomic mass is 16.6. The first-order valence-corrected chi connectivity index (χ1v) is 9.21. The van der Waals surface area contributed by atoms with E-state index in [9.17, 15) is 24.5 Å². The van der Waals surface area contributed by atoms with Gasteiger partial charge in [-0.1, -0.05) is 37.3 Å². The van der Waals surface area contributed by atoms with Crippen LogP contribution in [-0.2, 0) is 20.7 Å². The van der Waals surface area contributed by atoms with Crippen molar-refractivity contribution < 1.29 is 24.0 Å². The van der Waals surface area contributed by atoms with Gasteiger partial charge in [0.2, 0.25) is 11.7 Å². The van der Waals surface area contributed by atoms with Gasteiger partial charge in [0.1, 0.15) is 0 Å². The minimum absolute atomic E-state index is 0.00887. The molecular weight excluding hydrogens is 376 g/mol. The molecule has 0 saturated carbocycles. The van der Waals surface area contributed by atoms with E-state index in [1.165, 1.54) is 18.2 Å². The maximum absolute atomic E-state index is 12.0. The largest absolute Gasteiger partial charge is 0.457 e. The number of hydrogen-bond donors (Lipinski definition) is 1. The zero-order valence-electron chi connectivity index (χ0n) is 16.1. The van der Waals surface area contributed by atoms with Crippen molar-refractivity contribution in [2.75, 3.05) is 11.9 Å². The Hall–Kier alpha value is -3.55. The van der Waals surface area contributed by atoms with E-state index in [0.29, 0.717) is 0 Å². The number of Topliss-reactive ketones (excluding diaryl/α,β-unsaturated/α-hetero) is 1. The maximum Gasteiger partial charge on any atom is 0.306 e. The Morgan fingerprint density at radius 3 is 2.55 bits per heavy atom. The van der Waals surface area contributed by atoms with E-state index in [2.05, 4.69) is 5.32 Å². The van der Waals surface area contributed by atoms with Crippen LogP contribution < -0.4 is 5.32 Å². The van der Waals surface area contributed by atoms with E-state index >= 15 is 0 Å². The van der Waals surface area contributed by atoms with Crippen molar-refractivity contribution in [2.24, 2.45) is 0 Å². The fraction of sp³-hybridized carbons (Fsp3) is 0.286. The molecule has 0 spiro atoms. The fourth-order valence-electron chi connectivity index (χ4n) is 2.65. The third-order valence-corrected chi connectivity index (χ3v) is 4.20. The molecule has 0 aliphatic carbocycles. The third kappa shape index (κ3) is 6.84. The number of non-ortho nitro benzene ring substituents is 1. The number of para-hydroxylation sites is 1. The molecule has 0 unspecified atom stereocenters. The molecule has 1 amide bonds. The molecule has 0 heterocycles. The summed E-state index contributed by atoms with van der Waals surface area (Å²) in [5.74, 6) is -1.34. The Kier molecular flexibility index (Phi) is 8.02. The van der Waals surface area contributed by atoms with Gasteiger partial charge in [0.25, 0.3) is 5.69 Å². The van der Waals surface area contributed by atoms with Crippen molar-refractivity contribution in [3.8, 4) is 0 Å². The molecule has 0 atom stereocenters. The number of ketones is 1. The number of nitro benzene ring substituents is 1. The summed E-state index contributed by atoms with van der Waals surface area (Å²) in [6.07, 6.45) is 1.21. The molecule has 8 nitrogen and oxygen atoms in total. The molecule has 0 fully saturated rings. The summed E-state index contributed by atoms with van der Waals surface area (Å²) in [7, 11) is 0. The van der Waals surface area contributed by atoms with Gasteiger partial charge in [0, 0.05) is 36.2 Å². The van der Waals surface area contributed by atoms with Crippen molar-refractivity contribution in [3.05, 3.63) is 69.8 Å². The highest BCUT2D eigenvalue weighted by Crippen LogP contribution is 2.16. The number of amides is 1. The van der Waals surface area contributed by atoms with E-state index in [-0.39, 0.29) is 36.4 Å². The number of aryl methyl sites for hydroxylation is 1. The van der Waals surface area contributed by atoms with E-state index in [0.717, 1.165) is 23.7 Å².